The predicted molar refractivity (Wildman–Crippen MR) is 258 cm³/mol. The standard InChI is InChI=1S/C55H110O2/c1-5-9-13-17-21-25-29-32-36-40-44-48-52-55(50-46-42-38-34-30-26-22-18-14-10-6-2,51-47-43-39-35-31-27-23-19-15-11-7-3)54(56)57-53-49-45-41-37-33-28-24-20-16-12-8-4/h5-53H2,1-4H3. The van der Waals surface area contributed by atoms with Gasteiger partial charge in [0, 0.05) is 0 Å². The van der Waals surface area contributed by atoms with Gasteiger partial charge in [0.2, 0.25) is 0 Å². The van der Waals surface area contributed by atoms with Crippen molar-refractivity contribution < 1.29 is 9.53 Å². The van der Waals surface area contributed by atoms with E-state index in [0.717, 1.165) is 25.7 Å². The molecule has 342 valence electrons. The van der Waals surface area contributed by atoms with Crippen LogP contribution in [0.15, 0.2) is 0 Å². The molecule has 0 saturated heterocycles. The maximum absolute atomic E-state index is 14.3. The molecule has 0 atom stereocenters. The second-order valence-electron chi connectivity index (χ2n) is 19.2. The highest BCUT2D eigenvalue weighted by molar-refractivity contribution is 5.76. The van der Waals surface area contributed by atoms with Gasteiger partial charge in [0.15, 0.2) is 0 Å². The molecule has 0 fully saturated rings. The molecule has 0 spiro atoms. The summed E-state index contributed by atoms with van der Waals surface area (Å²) in [5, 5.41) is 0. The summed E-state index contributed by atoms with van der Waals surface area (Å²) in [6.45, 7) is 9.88. The van der Waals surface area contributed by atoms with Gasteiger partial charge >= 0.3 is 5.97 Å². The fourth-order valence-corrected chi connectivity index (χ4v) is 9.33. The first-order valence-electron chi connectivity index (χ1n) is 27.3. The number of carbonyl (C=O) groups excluding carboxylic acids is 1. The van der Waals surface area contributed by atoms with Crippen molar-refractivity contribution >= 4 is 5.97 Å². The third-order valence-electron chi connectivity index (χ3n) is 13.4. The Kier molecular flexibility index (Phi) is 47.7. The summed E-state index contributed by atoms with van der Waals surface area (Å²) in [5.74, 6) is 0.191. The zero-order valence-corrected chi connectivity index (χ0v) is 40.5. The van der Waals surface area contributed by atoms with Gasteiger partial charge in [-0.2, -0.15) is 0 Å². The quantitative estimate of drug-likeness (QED) is 0.0452. The fourth-order valence-electron chi connectivity index (χ4n) is 9.33. The Labute approximate surface area is 362 Å². The topological polar surface area (TPSA) is 26.3 Å². The molecule has 0 aliphatic heterocycles. The largest absolute Gasteiger partial charge is 0.465 e. The Hall–Kier alpha value is -0.530. The predicted octanol–water partition coefficient (Wildman–Crippen LogP) is 20.3. The van der Waals surface area contributed by atoms with Crippen molar-refractivity contribution in [2.75, 3.05) is 6.61 Å². The number of hydrogen-bond donors (Lipinski definition) is 0. The molecule has 57 heavy (non-hydrogen) atoms. The van der Waals surface area contributed by atoms with Crippen LogP contribution in [-0.2, 0) is 9.53 Å². The van der Waals surface area contributed by atoms with Crippen molar-refractivity contribution in [3.05, 3.63) is 0 Å². The highest BCUT2D eigenvalue weighted by Gasteiger charge is 2.38. The van der Waals surface area contributed by atoms with Crippen molar-refractivity contribution in [2.24, 2.45) is 5.41 Å². The Bertz CT molecular complexity index is 719. The summed E-state index contributed by atoms with van der Waals surface area (Å²) in [6, 6.07) is 0. The molecular formula is C55H110O2. The summed E-state index contributed by atoms with van der Waals surface area (Å²) >= 11 is 0. The molecule has 0 saturated carbocycles. The lowest BCUT2D eigenvalue weighted by molar-refractivity contribution is -0.158. The summed E-state index contributed by atoms with van der Waals surface area (Å²) < 4.78 is 6.31. The van der Waals surface area contributed by atoms with Crippen LogP contribution in [0.25, 0.3) is 0 Å². The van der Waals surface area contributed by atoms with Gasteiger partial charge in [-0.05, 0) is 25.7 Å². The molecule has 0 radical (unpaired) electrons. The molecule has 0 bridgehead atoms. The van der Waals surface area contributed by atoms with E-state index in [4.69, 9.17) is 4.74 Å². The third-order valence-corrected chi connectivity index (χ3v) is 13.4. The molecule has 2 nitrogen and oxygen atoms in total. The van der Waals surface area contributed by atoms with Crippen LogP contribution in [-0.4, -0.2) is 12.6 Å². The minimum absolute atomic E-state index is 0.191. The molecule has 0 heterocycles. The smallest absolute Gasteiger partial charge is 0.312 e. The number of esters is 1. The lowest BCUT2D eigenvalue weighted by Crippen LogP contribution is -2.34. The van der Waals surface area contributed by atoms with Crippen molar-refractivity contribution in [3.8, 4) is 0 Å². The van der Waals surface area contributed by atoms with Crippen molar-refractivity contribution in [1.29, 1.82) is 0 Å². The lowest BCUT2D eigenvalue weighted by Gasteiger charge is -2.32. The van der Waals surface area contributed by atoms with Gasteiger partial charge in [-0.3, -0.25) is 4.79 Å². The first-order chi connectivity index (χ1) is 28.2. The first kappa shape index (κ1) is 56.5. The van der Waals surface area contributed by atoms with E-state index in [0.29, 0.717) is 6.61 Å². The zero-order valence-electron chi connectivity index (χ0n) is 40.5. The van der Waals surface area contributed by atoms with Crippen LogP contribution in [0.2, 0.25) is 0 Å². The number of ether oxygens (including phenoxy) is 1. The van der Waals surface area contributed by atoms with Gasteiger partial charge in [-0.25, -0.2) is 0 Å². The second kappa shape index (κ2) is 48.1. The summed E-state index contributed by atoms with van der Waals surface area (Å²) in [6.07, 6.45) is 64.5. The average Bonchev–Trinajstić information content (AvgIpc) is 3.22. The molecule has 0 aliphatic rings. The third kappa shape index (κ3) is 40.6. The van der Waals surface area contributed by atoms with E-state index in [-0.39, 0.29) is 11.4 Å². The molecule has 0 aromatic rings. The maximum Gasteiger partial charge on any atom is 0.312 e. The van der Waals surface area contributed by atoms with Gasteiger partial charge in [0.25, 0.3) is 0 Å². The molecule has 0 aromatic heterocycles. The van der Waals surface area contributed by atoms with E-state index in [1.165, 1.54) is 283 Å². The monoisotopic (exact) mass is 803 g/mol. The van der Waals surface area contributed by atoms with E-state index in [1.54, 1.807) is 0 Å². The molecule has 0 N–H and O–H groups in total. The Morgan fingerprint density at radius 3 is 0.649 bits per heavy atom. The van der Waals surface area contributed by atoms with Crippen molar-refractivity contribution in [3.63, 3.8) is 0 Å². The highest BCUT2D eigenvalue weighted by atomic mass is 16.5. The fraction of sp³-hybridized carbons (Fsp3) is 0.982. The van der Waals surface area contributed by atoms with Crippen LogP contribution in [0.5, 0.6) is 0 Å². The number of unbranched alkanes of at least 4 members (excludes halogenated alkanes) is 41. The van der Waals surface area contributed by atoms with E-state index in [9.17, 15) is 4.79 Å². The van der Waals surface area contributed by atoms with E-state index < -0.39 is 0 Å². The van der Waals surface area contributed by atoms with E-state index >= 15 is 0 Å². The minimum atomic E-state index is -0.241. The summed E-state index contributed by atoms with van der Waals surface area (Å²) in [7, 11) is 0. The molecule has 0 rings (SSSR count). The second-order valence-corrected chi connectivity index (χ2v) is 19.2. The maximum atomic E-state index is 14.3. The lowest BCUT2D eigenvalue weighted by atomic mass is 9.74. The Morgan fingerprint density at radius 1 is 0.263 bits per heavy atom. The average molecular weight is 803 g/mol. The van der Waals surface area contributed by atoms with Gasteiger partial charge < -0.3 is 4.74 Å². The first-order valence-corrected chi connectivity index (χ1v) is 27.3. The Morgan fingerprint density at radius 2 is 0.439 bits per heavy atom. The van der Waals surface area contributed by atoms with Crippen molar-refractivity contribution in [2.45, 2.75) is 336 Å². The van der Waals surface area contributed by atoms with Gasteiger partial charge in [0.1, 0.15) is 0 Å². The normalized spacial score (nSPS) is 11.9. The van der Waals surface area contributed by atoms with Crippen LogP contribution in [0, 0.1) is 5.41 Å². The Balaban J connectivity index is 5.06. The number of rotatable bonds is 50. The van der Waals surface area contributed by atoms with Crippen LogP contribution < -0.4 is 0 Å². The number of hydrogen-bond acceptors (Lipinski definition) is 2. The van der Waals surface area contributed by atoms with Crippen LogP contribution in [0.1, 0.15) is 336 Å². The van der Waals surface area contributed by atoms with E-state index in [1.807, 2.05) is 0 Å². The van der Waals surface area contributed by atoms with Crippen LogP contribution in [0.4, 0.5) is 0 Å². The van der Waals surface area contributed by atoms with Crippen LogP contribution >= 0.6 is 0 Å². The molecule has 0 unspecified atom stereocenters. The molecule has 0 aliphatic carbocycles. The summed E-state index contributed by atoms with van der Waals surface area (Å²) in [5.41, 5.74) is -0.241. The van der Waals surface area contributed by atoms with Gasteiger partial charge in [0.05, 0.1) is 12.0 Å². The SMILES string of the molecule is CCCCCCCCCCCCCCC(CCCCCCCCCCCCC)(CCCCCCCCCCCCC)C(=O)OCCCCCCCCCCCCC. The molecular weight excluding hydrogens is 693 g/mol. The van der Waals surface area contributed by atoms with E-state index in [2.05, 4.69) is 27.7 Å². The molecule has 0 amide bonds. The highest BCUT2D eigenvalue weighted by Crippen LogP contribution is 2.39. The van der Waals surface area contributed by atoms with Gasteiger partial charge in [-0.1, -0.05) is 310 Å². The summed E-state index contributed by atoms with van der Waals surface area (Å²) in [4.78, 5) is 14.3. The number of carbonyl (C=O) groups is 1. The molecule has 0 aromatic carbocycles. The van der Waals surface area contributed by atoms with Crippen LogP contribution in [0.3, 0.4) is 0 Å². The van der Waals surface area contributed by atoms with Gasteiger partial charge in [-0.15, -0.1) is 0 Å². The zero-order chi connectivity index (χ0) is 41.4. The molecule has 2 heteroatoms. The van der Waals surface area contributed by atoms with Crippen molar-refractivity contribution in [1.82, 2.24) is 0 Å². The minimum Gasteiger partial charge on any atom is -0.465 e.